The van der Waals surface area contributed by atoms with E-state index in [0.717, 1.165) is 0 Å². The minimum atomic E-state index is -1.65. The molecular formula is C18H14BrN3O6. The average Bonchev–Trinajstić information content (AvgIpc) is 3.25. The molecule has 1 spiro atoms. The number of hydrogen-bond donors (Lipinski definition) is 2. The molecule has 10 heteroatoms. The molecule has 1 aromatic heterocycles. The molecule has 1 aromatic carbocycles. The number of nitrogens with zero attached hydrogens (tertiary/aromatic N) is 1. The van der Waals surface area contributed by atoms with Crippen molar-refractivity contribution in [2.75, 3.05) is 20.0 Å². The minimum Gasteiger partial charge on any atom is -0.469 e. The van der Waals surface area contributed by atoms with Crippen LogP contribution < -0.4 is 11.1 Å². The third-order valence-corrected chi connectivity index (χ3v) is 5.34. The van der Waals surface area contributed by atoms with Crippen LogP contribution in [-0.4, -0.2) is 37.0 Å². The van der Waals surface area contributed by atoms with Crippen LogP contribution in [0.25, 0.3) is 11.3 Å². The predicted octanol–water partition coefficient (Wildman–Crippen LogP) is 1.41. The van der Waals surface area contributed by atoms with E-state index in [1.165, 1.54) is 14.2 Å². The van der Waals surface area contributed by atoms with Crippen LogP contribution in [-0.2, 0) is 29.3 Å². The third kappa shape index (κ3) is 2.24. The first-order valence-electron chi connectivity index (χ1n) is 8.12. The quantitative estimate of drug-likeness (QED) is 0.674. The number of rotatable bonds is 3. The summed E-state index contributed by atoms with van der Waals surface area (Å²) < 4.78 is 15.8. The highest BCUT2D eigenvalue weighted by molar-refractivity contribution is 9.10. The molecule has 1 aliphatic heterocycles. The van der Waals surface area contributed by atoms with Crippen molar-refractivity contribution >= 4 is 39.8 Å². The van der Waals surface area contributed by atoms with Gasteiger partial charge in [-0.05, 0) is 23.8 Å². The summed E-state index contributed by atoms with van der Waals surface area (Å²) in [5.74, 6) is -1.67. The van der Waals surface area contributed by atoms with Crippen LogP contribution in [0, 0.1) is 0 Å². The van der Waals surface area contributed by atoms with Crippen molar-refractivity contribution in [3.05, 3.63) is 45.2 Å². The number of hydrogen-bond acceptors (Lipinski definition) is 8. The molecule has 28 heavy (non-hydrogen) atoms. The second-order valence-electron chi connectivity index (χ2n) is 6.22. The fourth-order valence-electron chi connectivity index (χ4n) is 3.77. The number of methoxy groups -OCH3 is 2. The molecule has 9 nitrogen and oxygen atoms in total. The van der Waals surface area contributed by atoms with Crippen LogP contribution in [0.5, 0.6) is 0 Å². The summed E-state index contributed by atoms with van der Waals surface area (Å²) in [7, 11) is 2.40. The molecule has 1 atom stereocenters. The van der Waals surface area contributed by atoms with E-state index in [1.54, 1.807) is 18.2 Å². The molecule has 4 rings (SSSR count). The maximum absolute atomic E-state index is 13.3. The smallest absolute Gasteiger partial charge is 0.337 e. The Hall–Kier alpha value is -3.14. The van der Waals surface area contributed by atoms with Crippen LogP contribution in [0.15, 0.2) is 38.4 Å². The van der Waals surface area contributed by atoms with E-state index < -0.39 is 23.3 Å². The number of carbonyl (C=O) groups excluding carboxylic acids is 3. The monoisotopic (exact) mass is 447 g/mol. The van der Waals surface area contributed by atoms with Crippen molar-refractivity contribution in [2.24, 2.45) is 0 Å². The minimum absolute atomic E-state index is 0.0446. The van der Waals surface area contributed by atoms with Gasteiger partial charge in [-0.2, -0.15) is 4.98 Å². The summed E-state index contributed by atoms with van der Waals surface area (Å²) in [6.07, 6.45) is -0.319. The van der Waals surface area contributed by atoms with E-state index in [4.69, 9.17) is 14.9 Å². The maximum atomic E-state index is 13.3. The summed E-state index contributed by atoms with van der Waals surface area (Å²) >= 11 is 3.39. The zero-order valence-electron chi connectivity index (χ0n) is 14.8. The van der Waals surface area contributed by atoms with Gasteiger partial charge in [-0.15, -0.1) is 0 Å². The first-order chi connectivity index (χ1) is 13.3. The summed E-state index contributed by atoms with van der Waals surface area (Å²) in [5, 5.41) is 2.63. The van der Waals surface area contributed by atoms with Gasteiger partial charge in [-0.1, -0.05) is 15.9 Å². The summed E-state index contributed by atoms with van der Waals surface area (Å²) in [5.41, 5.74) is 5.35. The Kier molecular flexibility index (Phi) is 4.03. The van der Waals surface area contributed by atoms with E-state index >= 15 is 0 Å². The van der Waals surface area contributed by atoms with E-state index in [0.29, 0.717) is 15.6 Å². The van der Waals surface area contributed by atoms with E-state index in [2.05, 4.69) is 31.0 Å². The number of ether oxygens (including phenoxy) is 2. The van der Waals surface area contributed by atoms with Crippen molar-refractivity contribution in [2.45, 2.75) is 11.8 Å². The lowest BCUT2D eigenvalue weighted by Gasteiger charge is -2.24. The lowest BCUT2D eigenvalue weighted by molar-refractivity contribution is -0.139. The van der Waals surface area contributed by atoms with E-state index in [-0.39, 0.29) is 35.2 Å². The number of oxazole rings is 1. The van der Waals surface area contributed by atoms with Gasteiger partial charge in [-0.3, -0.25) is 9.59 Å². The Morgan fingerprint density at radius 1 is 1.32 bits per heavy atom. The molecule has 1 amide bonds. The highest BCUT2D eigenvalue weighted by Gasteiger charge is 2.62. The lowest BCUT2D eigenvalue weighted by Crippen LogP contribution is -2.40. The third-order valence-electron chi connectivity index (χ3n) is 4.85. The number of amides is 1. The van der Waals surface area contributed by atoms with Crippen LogP contribution in [0.2, 0.25) is 0 Å². The Morgan fingerprint density at radius 2 is 2.07 bits per heavy atom. The first-order valence-corrected chi connectivity index (χ1v) is 8.91. The number of benzene rings is 1. The van der Waals surface area contributed by atoms with Gasteiger partial charge in [0.25, 0.3) is 6.01 Å². The summed E-state index contributed by atoms with van der Waals surface area (Å²) in [6.45, 7) is 0. The molecule has 3 N–H and O–H groups in total. The topological polar surface area (TPSA) is 134 Å². The van der Waals surface area contributed by atoms with Crippen LogP contribution >= 0.6 is 15.9 Å². The van der Waals surface area contributed by atoms with Crippen LogP contribution in [0.3, 0.4) is 0 Å². The number of nitrogen functional groups attached to an aromatic ring is 1. The molecule has 0 bridgehead atoms. The number of nitrogens with two attached hydrogens (primary N) is 1. The highest BCUT2D eigenvalue weighted by atomic mass is 79.9. The van der Waals surface area contributed by atoms with Crippen molar-refractivity contribution in [1.29, 1.82) is 0 Å². The molecule has 2 aliphatic rings. The molecule has 0 unspecified atom stereocenters. The number of anilines is 1. The zero-order chi connectivity index (χ0) is 20.2. The van der Waals surface area contributed by atoms with Gasteiger partial charge in [0.2, 0.25) is 5.91 Å². The molecule has 2 aromatic rings. The lowest BCUT2D eigenvalue weighted by atomic mass is 9.74. The fraction of sp³-hybridized carbons (Fsp3) is 0.222. The van der Waals surface area contributed by atoms with Gasteiger partial charge in [0.1, 0.15) is 5.69 Å². The normalized spacial score (nSPS) is 19.5. The van der Waals surface area contributed by atoms with Crippen LogP contribution in [0.1, 0.15) is 17.7 Å². The number of carbonyl (C=O) groups is 3. The number of esters is 2. The van der Waals surface area contributed by atoms with Gasteiger partial charge in [0, 0.05) is 15.7 Å². The Bertz CT molecular complexity index is 1090. The molecule has 1 aliphatic carbocycles. The number of fused-ring (bicyclic) bond motifs is 5. The van der Waals surface area contributed by atoms with Gasteiger partial charge < -0.3 is 24.9 Å². The van der Waals surface area contributed by atoms with Crippen molar-refractivity contribution in [3.8, 4) is 11.3 Å². The van der Waals surface area contributed by atoms with Crippen LogP contribution in [0.4, 0.5) is 6.01 Å². The molecule has 144 valence electrons. The molecule has 0 saturated carbocycles. The first kappa shape index (κ1) is 18.2. The van der Waals surface area contributed by atoms with E-state index in [1.807, 2.05) is 0 Å². The highest BCUT2D eigenvalue weighted by Crippen LogP contribution is 2.56. The summed E-state index contributed by atoms with van der Waals surface area (Å²) in [6, 6.07) is 5.06. The molecule has 0 radical (unpaired) electrons. The Labute approximate surface area is 167 Å². The van der Waals surface area contributed by atoms with Gasteiger partial charge >= 0.3 is 11.9 Å². The molecule has 2 heterocycles. The molecule has 0 fully saturated rings. The Morgan fingerprint density at radius 3 is 2.75 bits per heavy atom. The van der Waals surface area contributed by atoms with E-state index in [9.17, 15) is 14.4 Å². The maximum Gasteiger partial charge on any atom is 0.337 e. The fourth-order valence-corrected chi connectivity index (χ4v) is 4.13. The second-order valence-corrected chi connectivity index (χ2v) is 7.14. The number of halogens is 1. The molecular weight excluding hydrogens is 434 g/mol. The largest absolute Gasteiger partial charge is 0.469 e. The van der Waals surface area contributed by atoms with Gasteiger partial charge in [-0.25, -0.2) is 4.79 Å². The summed E-state index contributed by atoms with van der Waals surface area (Å²) in [4.78, 5) is 42.2. The van der Waals surface area contributed by atoms with Crippen molar-refractivity contribution in [1.82, 2.24) is 10.3 Å². The SMILES string of the molecule is COC(=O)CC1=C(C(=O)OC)[C@@]2(C(=O)N1)c1cc(Br)ccc1-c1oc(N)nc12. The number of aromatic nitrogens is 1. The average molecular weight is 448 g/mol. The van der Waals surface area contributed by atoms with Gasteiger partial charge in [0.05, 0.1) is 26.2 Å². The van der Waals surface area contributed by atoms with Crippen molar-refractivity contribution < 1.29 is 28.3 Å². The standard InChI is InChI=1S/C18H14BrN3O6/c1-26-11(23)6-10-12(15(24)27-2)18(16(25)21-10)9-5-7(19)3-4-8(9)13-14(18)22-17(20)28-13/h3-5H,6H2,1-2H3,(H2,20,22)(H,21,25)/t18-/m0/s1. The Balaban J connectivity index is 2.08. The number of nitrogens with one attached hydrogen (secondary N) is 1. The zero-order valence-corrected chi connectivity index (χ0v) is 16.4. The second kappa shape index (κ2) is 6.20. The van der Waals surface area contributed by atoms with Crippen molar-refractivity contribution in [3.63, 3.8) is 0 Å². The molecule has 0 saturated heterocycles. The predicted molar refractivity (Wildman–Crippen MR) is 98.6 cm³/mol. The van der Waals surface area contributed by atoms with Gasteiger partial charge in [0.15, 0.2) is 11.2 Å².